The van der Waals surface area contributed by atoms with E-state index in [-0.39, 0.29) is 11.6 Å². The number of para-hydroxylation sites is 1. The molecule has 0 aliphatic rings. The number of benzene rings is 1. The van der Waals surface area contributed by atoms with Crippen molar-refractivity contribution in [3.8, 4) is 11.8 Å². The summed E-state index contributed by atoms with van der Waals surface area (Å²) in [5, 5.41) is 3.27. The molecule has 0 saturated heterocycles. The summed E-state index contributed by atoms with van der Waals surface area (Å²) < 4.78 is 15.8. The number of fused-ring (bicyclic) bond motifs is 1. The normalized spacial score (nSPS) is 10.7. The number of methoxy groups -OCH3 is 1. The van der Waals surface area contributed by atoms with Crippen molar-refractivity contribution in [1.82, 2.24) is 9.97 Å². The Morgan fingerprint density at radius 2 is 1.93 bits per heavy atom. The summed E-state index contributed by atoms with van der Waals surface area (Å²) in [6.45, 7) is 5.71. The van der Waals surface area contributed by atoms with E-state index < -0.39 is 11.5 Å². The highest BCUT2D eigenvalue weighted by atomic mass is 16.5. The number of carbonyl (C=O) groups is 1. The van der Waals surface area contributed by atoms with Crippen LogP contribution in [-0.4, -0.2) is 29.6 Å². The molecule has 0 aliphatic carbocycles. The van der Waals surface area contributed by atoms with Gasteiger partial charge in [-0.15, -0.1) is 0 Å². The molecule has 0 radical (unpaired) electrons. The van der Waals surface area contributed by atoms with Gasteiger partial charge in [-0.3, -0.25) is 4.79 Å². The van der Waals surface area contributed by atoms with Gasteiger partial charge >= 0.3 is 11.6 Å². The van der Waals surface area contributed by atoms with Crippen molar-refractivity contribution < 1.29 is 18.7 Å². The highest BCUT2D eigenvalue weighted by Gasteiger charge is 2.18. The number of hydrogen-bond acceptors (Lipinski definition) is 7. The van der Waals surface area contributed by atoms with E-state index in [1.807, 2.05) is 6.92 Å². The van der Waals surface area contributed by atoms with Gasteiger partial charge in [0.2, 0.25) is 0 Å². The molecule has 2 aromatic heterocycles. The Kier molecular flexibility index (Phi) is 5.07. The van der Waals surface area contributed by atoms with Crippen LogP contribution in [0.4, 0.5) is 5.69 Å². The topological polar surface area (TPSA) is 104 Å². The van der Waals surface area contributed by atoms with Crippen LogP contribution in [0.25, 0.3) is 11.0 Å². The van der Waals surface area contributed by atoms with Gasteiger partial charge in [0.1, 0.15) is 5.56 Å². The van der Waals surface area contributed by atoms with Gasteiger partial charge in [0, 0.05) is 5.39 Å². The fraction of sp³-hybridized carbons (Fsp3) is 0.263. The molecule has 3 rings (SSSR count). The predicted octanol–water partition coefficient (Wildman–Crippen LogP) is 2.86. The van der Waals surface area contributed by atoms with Crippen molar-refractivity contribution in [2.45, 2.75) is 20.8 Å². The third-order valence-corrected chi connectivity index (χ3v) is 3.95. The maximum Gasteiger partial charge on any atom is 0.349 e. The molecule has 1 amide bonds. The second kappa shape index (κ2) is 7.45. The summed E-state index contributed by atoms with van der Waals surface area (Å²) in [5.41, 5.74) is 0.902. The molecule has 0 fully saturated rings. The van der Waals surface area contributed by atoms with Gasteiger partial charge in [0.15, 0.2) is 11.3 Å². The second-order valence-electron chi connectivity index (χ2n) is 5.77. The minimum absolute atomic E-state index is 0.122. The number of amides is 1. The molecular formula is C19H19N3O5. The summed E-state index contributed by atoms with van der Waals surface area (Å²) in [5.74, 6) is -0.185. The lowest BCUT2D eigenvalue weighted by atomic mass is 10.1. The smallest absolute Gasteiger partial charge is 0.349 e. The molecule has 0 atom stereocenters. The first kappa shape index (κ1) is 18.4. The lowest BCUT2D eigenvalue weighted by Crippen LogP contribution is -2.22. The Labute approximate surface area is 155 Å². The Bertz CT molecular complexity index is 1050. The highest BCUT2D eigenvalue weighted by Crippen LogP contribution is 2.25. The van der Waals surface area contributed by atoms with Crippen LogP contribution in [0, 0.1) is 13.8 Å². The summed E-state index contributed by atoms with van der Waals surface area (Å²) in [6, 6.07) is 6.86. The zero-order valence-electron chi connectivity index (χ0n) is 15.5. The van der Waals surface area contributed by atoms with Gasteiger partial charge in [-0.25, -0.2) is 4.79 Å². The van der Waals surface area contributed by atoms with E-state index in [9.17, 15) is 9.59 Å². The maximum atomic E-state index is 12.7. The molecule has 0 saturated carbocycles. The van der Waals surface area contributed by atoms with Crippen LogP contribution in [0.1, 0.15) is 28.7 Å². The molecule has 8 nitrogen and oxygen atoms in total. The quantitative estimate of drug-likeness (QED) is 0.690. The lowest BCUT2D eigenvalue weighted by Gasteiger charge is -2.12. The molecule has 8 heteroatoms. The van der Waals surface area contributed by atoms with Crippen molar-refractivity contribution in [2.24, 2.45) is 0 Å². The summed E-state index contributed by atoms with van der Waals surface area (Å²) in [7, 11) is 1.48. The average molecular weight is 369 g/mol. The van der Waals surface area contributed by atoms with Crippen LogP contribution in [0.15, 0.2) is 33.5 Å². The number of aromatic nitrogens is 2. The SMILES string of the molecule is CCOc1nc(C)c(NC(=O)c2cc3cccc(OC)c3oc2=O)c(C)n1. The lowest BCUT2D eigenvalue weighted by molar-refractivity contribution is 0.102. The molecule has 140 valence electrons. The number of carbonyl (C=O) groups excluding carboxylic acids is 1. The second-order valence-corrected chi connectivity index (χ2v) is 5.77. The van der Waals surface area contributed by atoms with Gasteiger partial charge in [0.05, 0.1) is 30.8 Å². The number of hydrogen-bond donors (Lipinski definition) is 1. The fourth-order valence-corrected chi connectivity index (χ4v) is 2.68. The van der Waals surface area contributed by atoms with E-state index in [0.717, 1.165) is 0 Å². The van der Waals surface area contributed by atoms with E-state index >= 15 is 0 Å². The number of aryl methyl sites for hydroxylation is 2. The van der Waals surface area contributed by atoms with Crippen molar-refractivity contribution in [3.05, 3.63) is 51.6 Å². The van der Waals surface area contributed by atoms with E-state index in [2.05, 4.69) is 15.3 Å². The minimum atomic E-state index is -0.758. The number of nitrogens with zero attached hydrogens (tertiary/aromatic N) is 2. The first-order chi connectivity index (χ1) is 12.9. The van der Waals surface area contributed by atoms with Crippen LogP contribution >= 0.6 is 0 Å². The maximum absolute atomic E-state index is 12.7. The molecule has 3 aromatic rings. The molecule has 1 aromatic carbocycles. The zero-order valence-corrected chi connectivity index (χ0v) is 15.5. The monoisotopic (exact) mass is 369 g/mol. The first-order valence-electron chi connectivity index (χ1n) is 8.34. The summed E-state index contributed by atoms with van der Waals surface area (Å²) in [6.07, 6.45) is 0. The molecule has 0 aliphatic heterocycles. The van der Waals surface area contributed by atoms with Crippen molar-refractivity contribution in [1.29, 1.82) is 0 Å². The van der Waals surface area contributed by atoms with E-state index in [0.29, 0.717) is 40.4 Å². The standard InChI is InChI=1S/C19H19N3O5/c1-5-26-19-20-10(2)15(11(3)21-19)22-17(23)13-9-12-7-6-8-14(25-4)16(12)27-18(13)24/h6-9H,5H2,1-4H3,(H,22,23). The van der Waals surface area contributed by atoms with E-state index in [1.54, 1.807) is 32.0 Å². The third kappa shape index (κ3) is 3.59. The van der Waals surface area contributed by atoms with Gasteiger partial charge in [-0.2, -0.15) is 9.97 Å². The Hall–Kier alpha value is -3.42. The van der Waals surface area contributed by atoms with Crippen LogP contribution in [0.5, 0.6) is 11.8 Å². The van der Waals surface area contributed by atoms with Crippen LogP contribution in [-0.2, 0) is 0 Å². The number of ether oxygens (including phenoxy) is 2. The Morgan fingerprint density at radius 1 is 1.22 bits per heavy atom. The van der Waals surface area contributed by atoms with E-state index in [4.69, 9.17) is 13.9 Å². The number of rotatable bonds is 5. The van der Waals surface area contributed by atoms with Crippen LogP contribution in [0.2, 0.25) is 0 Å². The summed E-state index contributed by atoms with van der Waals surface area (Å²) in [4.78, 5) is 33.4. The predicted molar refractivity (Wildman–Crippen MR) is 99.7 cm³/mol. The van der Waals surface area contributed by atoms with Crippen LogP contribution in [0.3, 0.4) is 0 Å². The molecule has 1 N–H and O–H groups in total. The minimum Gasteiger partial charge on any atom is -0.493 e. The zero-order chi connectivity index (χ0) is 19.6. The number of nitrogens with one attached hydrogen (secondary N) is 1. The molecule has 27 heavy (non-hydrogen) atoms. The Morgan fingerprint density at radius 3 is 2.56 bits per heavy atom. The molecular weight excluding hydrogens is 350 g/mol. The van der Waals surface area contributed by atoms with Crippen molar-refractivity contribution >= 4 is 22.6 Å². The largest absolute Gasteiger partial charge is 0.493 e. The van der Waals surface area contributed by atoms with Crippen LogP contribution < -0.4 is 20.4 Å². The van der Waals surface area contributed by atoms with Crippen molar-refractivity contribution in [3.63, 3.8) is 0 Å². The van der Waals surface area contributed by atoms with Gasteiger partial charge < -0.3 is 19.2 Å². The summed E-state index contributed by atoms with van der Waals surface area (Å²) >= 11 is 0. The van der Waals surface area contributed by atoms with Crippen molar-refractivity contribution in [2.75, 3.05) is 19.0 Å². The first-order valence-corrected chi connectivity index (χ1v) is 8.34. The molecule has 2 heterocycles. The highest BCUT2D eigenvalue weighted by molar-refractivity contribution is 6.06. The fourth-order valence-electron chi connectivity index (χ4n) is 2.68. The number of anilines is 1. The van der Waals surface area contributed by atoms with Gasteiger partial charge in [0.25, 0.3) is 5.91 Å². The molecule has 0 bridgehead atoms. The molecule has 0 spiro atoms. The Balaban J connectivity index is 1.98. The average Bonchev–Trinajstić information content (AvgIpc) is 2.63. The van der Waals surface area contributed by atoms with Gasteiger partial charge in [-0.05, 0) is 32.9 Å². The van der Waals surface area contributed by atoms with E-state index in [1.165, 1.54) is 13.2 Å². The molecule has 0 unspecified atom stereocenters. The van der Waals surface area contributed by atoms with Gasteiger partial charge in [-0.1, -0.05) is 12.1 Å². The third-order valence-electron chi connectivity index (χ3n) is 3.95.